The van der Waals surface area contributed by atoms with Crippen molar-refractivity contribution < 1.29 is 19.9 Å². The second kappa shape index (κ2) is 3.88. The third kappa shape index (κ3) is 1.43. The zero-order chi connectivity index (χ0) is 12.5. The van der Waals surface area contributed by atoms with Gasteiger partial charge in [0.25, 0.3) is 0 Å². The van der Waals surface area contributed by atoms with E-state index in [1.807, 2.05) is 0 Å². The minimum atomic E-state index is -1.09. The van der Waals surface area contributed by atoms with E-state index in [1.165, 1.54) is 0 Å². The molecule has 0 bridgehead atoms. The van der Waals surface area contributed by atoms with Gasteiger partial charge in [-0.3, -0.25) is 10.1 Å². The van der Waals surface area contributed by atoms with E-state index >= 15 is 0 Å². The molecular weight excluding hydrogens is 222 g/mol. The normalized spacial score (nSPS) is 9.81. The van der Waals surface area contributed by atoms with Crippen LogP contribution in [0.5, 0.6) is 17.2 Å². The molecule has 1 rings (SSSR count). The van der Waals surface area contributed by atoms with Crippen molar-refractivity contribution in [1.82, 2.24) is 0 Å². The second-order valence-electron chi connectivity index (χ2n) is 2.69. The summed E-state index contributed by atoms with van der Waals surface area (Å²) in [6.07, 6.45) is 0. The summed E-state index contributed by atoms with van der Waals surface area (Å²) < 4.78 is 4.57. The number of phenolic OH excluding ortho intramolecular Hbond substituents is 2. The first-order valence-corrected chi connectivity index (χ1v) is 3.84. The van der Waals surface area contributed by atoms with Gasteiger partial charge in [0, 0.05) is 0 Å². The van der Waals surface area contributed by atoms with Gasteiger partial charge in [-0.15, -0.1) is 4.91 Å². The zero-order valence-corrected chi connectivity index (χ0v) is 8.00. The Balaban J connectivity index is 3.77. The Morgan fingerprint density at radius 3 is 2.38 bits per heavy atom. The van der Waals surface area contributed by atoms with Gasteiger partial charge in [0.1, 0.15) is 5.69 Å². The average Bonchev–Trinajstić information content (AvgIpc) is 2.23. The van der Waals surface area contributed by atoms with Crippen molar-refractivity contribution in [3.8, 4) is 17.2 Å². The number of nitroso groups, excluding NO2 is 1. The van der Waals surface area contributed by atoms with E-state index < -0.39 is 39.2 Å². The van der Waals surface area contributed by atoms with Crippen LogP contribution >= 0.6 is 0 Å². The van der Waals surface area contributed by atoms with Gasteiger partial charge in [-0.25, -0.2) is 0 Å². The molecule has 0 radical (unpaired) electrons. The summed E-state index contributed by atoms with van der Waals surface area (Å²) in [5.74, 6) is -2.49. The number of phenols is 2. The van der Waals surface area contributed by atoms with Crippen LogP contribution in [0.2, 0.25) is 0 Å². The predicted octanol–water partition coefficient (Wildman–Crippen LogP) is 0.995. The number of hydrogen-bond acceptors (Lipinski definition) is 8. The zero-order valence-electron chi connectivity index (χ0n) is 8.00. The average molecular weight is 229 g/mol. The molecule has 0 heterocycles. The van der Waals surface area contributed by atoms with Crippen LogP contribution in [-0.2, 0) is 0 Å². The van der Waals surface area contributed by atoms with Crippen LogP contribution in [0, 0.1) is 15.0 Å². The van der Waals surface area contributed by atoms with E-state index in [1.54, 1.807) is 0 Å². The molecule has 0 amide bonds. The van der Waals surface area contributed by atoms with Crippen molar-refractivity contribution in [3.05, 3.63) is 15.0 Å². The lowest BCUT2D eigenvalue weighted by molar-refractivity contribution is -0.386. The maximum absolute atomic E-state index is 10.6. The summed E-state index contributed by atoms with van der Waals surface area (Å²) in [4.78, 5) is 19.9. The standard InChI is InChI=1S/C7H7N3O6/c1-16-7-2(8)5(11)3(9-13)6(12)4(7)10(14)15/h11-12H,8H2,1H3. The number of nitro groups is 1. The number of nitrogens with zero attached hydrogens (tertiary/aromatic N) is 2. The summed E-state index contributed by atoms with van der Waals surface area (Å²) in [6, 6.07) is 0. The molecule has 0 saturated carbocycles. The summed E-state index contributed by atoms with van der Waals surface area (Å²) in [7, 11) is 1.06. The lowest BCUT2D eigenvalue weighted by Crippen LogP contribution is -1.99. The first-order valence-electron chi connectivity index (χ1n) is 3.84. The van der Waals surface area contributed by atoms with E-state index in [2.05, 4.69) is 9.91 Å². The molecule has 9 heteroatoms. The number of nitrogens with two attached hydrogens (primary N) is 1. The highest BCUT2D eigenvalue weighted by Gasteiger charge is 2.31. The van der Waals surface area contributed by atoms with Crippen LogP contribution in [0.25, 0.3) is 0 Å². The minimum Gasteiger partial charge on any atom is -0.504 e. The largest absolute Gasteiger partial charge is 0.504 e. The topological polar surface area (TPSA) is 148 Å². The van der Waals surface area contributed by atoms with Crippen molar-refractivity contribution >= 4 is 17.1 Å². The minimum absolute atomic E-state index is 0.535. The smallest absolute Gasteiger partial charge is 0.357 e. The molecular formula is C7H7N3O6. The number of aromatic hydroxyl groups is 2. The highest BCUT2D eigenvalue weighted by molar-refractivity contribution is 5.85. The Hall–Kier alpha value is -2.58. The van der Waals surface area contributed by atoms with Crippen LogP contribution in [0.1, 0.15) is 0 Å². The van der Waals surface area contributed by atoms with Crippen molar-refractivity contribution in [2.75, 3.05) is 12.8 Å². The molecule has 9 nitrogen and oxygen atoms in total. The molecule has 0 fully saturated rings. The Bertz CT molecular complexity index is 472. The lowest BCUT2D eigenvalue weighted by Gasteiger charge is -2.09. The highest BCUT2D eigenvalue weighted by Crippen LogP contribution is 2.53. The van der Waals surface area contributed by atoms with Crippen molar-refractivity contribution in [3.63, 3.8) is 0 Å². The SMILES string of the molecule is COc1c(N)c(O)c(N=O)c(O)c1[N+](=O)[O-]. The van der Waals surface area contributed by atoms with Gasteiger partial charge in [0.05, 0.1) is 12.0 Å². The van der Waals surface area contributed by atoms with Crippen molar-refractivity contribution in [2.24, 2.45) is 5.18 Å². The molecule has 0 atom stereocenters. The van der Waals surface area contributed by atoms with Gasteiger partial charge in [-0.2, -0.15) is 0 Å². The van der Waals surface area contributed by atoms with Crippen LogP contribution in [-0.4, -0.2) is 22.2 Å². The van der Waals surface area contributed by atoms with Crippen molar-refractivity contribution in [2.45, 2.75) is 0 Å². The fraction of sp³-hybridized carbons (Fsp3) is 0.143. The second-order valence-corrected chi connectivity index (χ2v) is 2.69. The molecule has 1 aromatic carbocycles. The monoisotopic (exact) mass is 229 g/mol. The summed E-state index contributed by atoms with van der Waals surface area (Å²) in [5, 5.41) is 31.5. The maximum atomic E-state index is 10.6. The van der Waals surface area contributed by atoms with E-state index in [0.717, 1.165) is 7.11 Å². The van der Waals surface area contributed by atoms with Crippen LogP contribution < -0.4 is 10.5 Å². The first-order chi connectivity index (χ1) is 7.45. The molecule has 0 aromatic heterocycles. The number of nitro benzene ring substituents is 1. The number of rotatable bonds is 3. The van der Waals surface area contributed by atoms with Gasteiger partial charge in [0.2, 0.25) is 17.2 Å². The molecule has 0 aliphatic rings. The molecule has 0 spiro atoms. The van der Waals surface area contributed by atoms with Gasteiger partial charge in [-0.05, 0) is 5.18 Å². The number of benzene rings is 1. The molecule has 4 N–H and O–H groups in total. The maximum Gasteiger partial charge on any atom is 0.357 e. The van der Waals surface area contributed by atoms with E-state index in [4.69, 9.17) is 5.73 Å². The number of methoxy groups -OCH3 is 1. The third-order valence-electron chi connectivity index (χ3n) is 1.87. The molecule has 16 heavy (non-hydrogen) atoms. The molecule has 0 aliphatic carbocycles. The van der Waals surface area contributed by atoms with Gasteiger partial charge in [-0.1, -0.05) is 0 Å². The van der Waals surface area contributed by atoms with Gasteiger partial charge >= 0.3 is 5.69 Å². The van der Waals surface area contributed by atoms with E-state index in [-0.39, 0.29) is 0 Å². The molecule has 86 valence electrons. The Kier molecular flexibility index (Phi) is 2.79. The summed E-state index contributed by atoms with van der Waals surface area (Å²) in [6.45, 7) is 0. The summed E-state index contributed by atoms with van der Waals surface area (Å²) in [5.41, 5.74) is 2.93. The molecule has 0 aliphatic heterocycles. The van der Waals surface area contributed by atoms with Gasteiger partial charge in [0.15, 0.2) is 5.75 Å². The van der Waals surface area contributed by atoms with Crippen LogP contribution in [0.3, 0.4) is 0 Å². The Morgan fingerprint density at radius 1 is 1.44 bits per heavy atom. The number of nitrogen functional groups attached to an aromatic ring is 1. The van der Waals surface area contributed by atoms with Crippen LogP contribution in [0.15, 0.2) is 5.18 Å². The van der Waals surface area contributed by atoms with E-state index in [9.17, 15) is 25.2 Å². The third-order valence-corrected chi connectivity index (χ3v) is 1.87. The predicted molar refractivity (Wildman–Crippen MR) is 52.8 cm³/mol. The quantitative estimate of drug-likeness (QED) is 0.175. The fourth-order valence-corrected chi connectivity index (χ4v) is 1.16. The Morgan fingerprint density at radius 2 is 2.00 bits per heavy atom. The number of hydrogen-bond donors (Lipinski definition) is 3. The number of ether oxygens (including phenoxy) is 1. The van der Waals surface area contributed by atoms with Crippen LogP contribution in [0.4, 0.5) is 17.1 Å². The summed E-state index contributed by atoms with van der Waals surface area (Å²) >= 11 is 0. The Labute approximate surface area is 88.2 Å². The lowest BCUT2D eigenvalue weighted by atomic mass is 10.2. The number of anilines is 1. The van der Waals surface area contributed by atoms with Crippen molar-refractivity contribution in [1.29, 1.82) is 0 Å². The fourth-order valence-electron chi connectivity index (χ4n) is 1.16. The van der Waals surface area contributed by atoms with Gasteiger partial charge < -0.3 is 20.7 Å². The molecule has 0 unspecified atom stereocenters. The molecule has 0 saturated heterocycles. The first kappa shape index (κ1) is 11.5. The molecule has 1 aromatic rings. The highest BCUT2D eigenvalue weighted by atomic mass is 16.6. The van der Waals surface area contributed by atoms with E-state index in [0.29, 0.717) is 0 Å².